The van der Waals surface area contributed by atoms with Gasteiger partial charge in [0.15, 0.2) is 0 Å². The van der Waals surface area contributed by atoms with Gasteiger partial charge >= 0.3 is 0 Å². The van der Waals surface area contributed by atoms with Gasteiger partial charge in [0.2, 0.25) is 5.91 Å². The topological polar surface area (TPSA) is 72.9 Å². The summed E-state index contributed by atoms with van der Waals surface area (Å²) >= 11 is 0. The van der Waals surface area contributed by atoms with Gasteiger partial charge in [-0.2, -0.15) is 5.10 Å². The summed E-state index contributed by atoms with van der Waals surface area (Å²) < 4.78 is 1.54. The van der Waals surface area contributed by atoms with Gasteiger partial charge in [0.1, 0.15) is 6.54 Å². The largest absolute Gasteiger partial charge is 0.396 e. The molecule has 0 bridgehead atoms. The number of amides is 1. The van der Waals surface area contributed by atoms with Gasteiger partial charge in [-0.05, 0) is 12.3 Å². The summed E-state index contributed by atoms with van der Waals surface area (Å²) in [4.78, 5) is 11.4. The molecule has 0 spiro atoms. The molecule has 1 amide bonds. The Bertz CT molecular complexity index is 346. The normalized spacial score (nSPS) is 24.6. The lowest BCUT2D eigenvalue weighted by molar-refractivity contribution is -0.122. The molecular formula is C9H14N4O. The Hall–Kier alpha value is -1.52. The Balaban J connectivity index is 1.82. The molecule has 0 saturated heterocycles. The maximum atomic E-state index is 11.4. The zero-order valence-corrected chi connectivity index (χ0v) is 8.10. The van der Waals surface area contributed by atoms with Gasteiger partial charge in [0.25, 0.3) is 0 Å². The molecule has 1 saturated carbocycles. The second kappa shape index (κ2) is 3.32. The van der Waals surface area contributed by atoms with Crippen molar-refractivity contribution in [2.45, 2.75) is 25.9 Å². The minimum Gasteiger partial charge on any atom is -0.396 e. The Morgan fingerprint density at radius 3 is 3.07 bits per heavy atom. The summed E-state index contributed by atoms with van der Waals surface area (Å²) in [5.74, 6) is 0.629. The molecular weight excluding hydrogens is 180 g/mol. The van der Waals surface area contributed by atoms with Crippen molar-refractivity contribution in [2.24, 2.45) is 5.92 Å². The molecule has 2 unspecified atom stereocenters. The first-order chi connectivity index (χ1) is 6.65. The highest BCUT2D eigenvalue weighted by Crippen LogP contribution is 2.28. The van der Waals surface area contributed by atoms with Crippen LogP contribution < -0.4 is 11.1 Å². The number of hydrogen-bond donors (Lipinski definition) is 2. The zero-order chi connectivity index (χ0) is 10.1. The molecule has 0 radical (unpaired) electrons. The zero-order valence-electron chi connectivity index (χ0n) is 8.10. The molecule has 1 aromatic heterocycles. The molecule has 1 heterocycles. The number of carbonyl (C=O) groups excluding carboxylic acids is 1. The molecule has 76 valence electrons. The average Bonchev–Trinajstić information content (AvgIpc) is 2.59. The second-order valence-electron chi connectivity index (χ2n) is 3.86. The molecule has 2 rings (SSSR count). The van der Waals surface area contributed by atoms with E-state index in [0.717, 1.165) is 6.42 Å². The molecule has 0 aromatic carbocycles. The molecule has 3 N–H and O–H groups in total. The van der Waals surface area contributed by atoms with E-state index in [2.05, 4.69) is 17.3 Å². The quantitative estimate of drug-likeness (QED) is 0.710. The number of nitrogens with one attached hydrogen (secondary N) is 1. The van der Waals surface area contributed by atoms with E-state index in [1.165, 1.54) is 10.9 Å². The molecule has 2 atom stereocenters. The maximum absolute atomic E-state index is 11.4. The summed E-state index contributed by atoms with van der Waals surface area (Å²) in [6, 6.07) is 0.371. The maximum Gasteiger partial charge on any atom is 0.241 e. The molecule has 5 heteroatoms. The van der Waals surface area contributed by atoms with Crippen LogP contribution in [0.25, 0.3) is 0 Å². The second-order valence-corrected chi connectivity index (χ2v) is 3.86. The number of rotatable bonds is 3. The fraction of sp³-hybridized carbons (Fsp3) is 0.556. The highest BCUT2D eigenvalue weighted by atomic mass is 16.2. The van der Waals surface area contributed by atoms with Crippen LogP contribution in [0.4, 0.5) is 5.69 Å². The van der Waals surface area contributed by atoms with Crippen molar-refractivity contribution in [3.05, 3.63) is 12.4 Å². The van der Waals surface area contributed by atoms with E-state index in [1.807, 2.05) is 0 Å². The lowest BCUT2D eigenvalue weighted by Crippen LogP contribution is -2.30. The van der Waals surface area contributed by atoms with Gasteiger partial charge in [-0.15, -0.1) is 0 Å². The van der Waals surface area contributed by atoms with E-state index in [4.69, 9.17) is 5.73 Å². The van der Waals surface area contributed by atoms with Gasteiger partial charge in [0.05, 0.1) is 11.9 Å². The summed E-state index contributed by atoms with van der Waals surface area (Å²) in [7, 11) is 0. The Labute approximate surface area is 82.3 Å². The molecule has 1 fully saturated rings. The molecule has 1 aromatic rings. The van der Waals surface area contributed by atoms with Gasteiger partial charge in [-0.3, -0.25) is 9.48 Å². The van der Waals surface area contributed by atoms with Gasteiger partial charge in [-0.25, -0.2) is 0 Å². The van der Waals surface area contributed by atoms with E-state index in [-0.39, 0.29) is 12.5 Å². The minimum absolute atomic E-state index is 0.00227. The average molecular weight is 194 g/mol. The fourth-order valence-corrected chi connectivity index (χ4v) is 1.39. The van der Waals surface area contributed by atoms with Crippen molar-refractivity contribution >= 4 is 11.6 Å². The Morgan fingerprint density at radius 1 is 1.86 bits per heavy atom. The minimum atomic E-state index is 0.00227. The standard InChI is InChI=1S/C9H14N4O/c1-6-2-8(6)12-9(14)5-13-4-7(10)3-11-13/h3-4,6,8H,2,5,10H2,1H3,(H,12,14). The highest BCUT2D eigenvalue weighted by Gasteiger charge is 2.33. The lowest BCUT2D eigenvalue weighted by Gasteiger charge is -2.03. The molecule has 14 heavy (non-hydrogen) atoms. The van der Waals surface area contributed by atoms with E-state index >= 15 is 0 Å². The number of aromatic nitrogens is 2. The van der Waals surface area contributed by atoms with Crippen LogP contribution in [0.2, 0.25) is 0 Å². The van der Waals surface area contributed by atoms with Crippen LogP contribution in [0.15, 0.2) is 12.4 Å². The van der Waals surface area contributed by atoms with Crippen LogP contribution in [-0.4, -0.2) is 21.7 Å². The van der Waals surface area contributed by atoms with Crippen molar-refractivity contribution in [3.63, 3.8) is 0 Å². The summed E-state index contributed by atoms with van der Waals surface area (Å²) in [5, 5.41) is 6.85. The van der Waals surface area contributed by atoms with Crippen LogP contribution in [0.3, 0.4) is 0 Å². The highest BCUT2D eigenvalue weighted by molar-refractivity contribution is 5.76. The third kappa shape index (κ3) is 2.04. The third-order valence-corrected chi connectivity index (χ3v) is 2.41. The van der Waals surface area contributed by atoms with Crippen LogP contribution in [-0.2, 0) is 11.3 Å². The van der Waals surface area contributed by atoms with Crippen molar-refractivity contribution < 1.29 is 4.79 Å². The smallest absolute Gasteiger partial charge is 0.241 e. The molecule has 0 aliphatic heterocycles. The summed E-state index contributed by atoms with van der Waals surface area (Å²) in [5.41, 5.74) is 6.06. The van der Waals surface area contributed by atoms with Crippen molar-refractivity contribution in [1.29, 1.82) is 0 Å². The van der Waals surface area contributed by atoms with Crippen LogP contribution in [0, 0.1) is 5.92 Å². The van der Waals surface area contributed by atoms with Crippen molar-refractivity contribution in [1.82, 2.24) is 15.1 Å². The van der Waals surface area contributed by atoms with E-state index in [0.29, 0.717) is 17.6 Å². The summed E-state index contributed by atoms with van der Waals surface area (Å²) in [6.45, 7) is 2.37. The van der Waals surface area contributed by atoms with Crippen LogP contribution >= 0.6 is 0 Å². The fourth-order valence-electron chi connectivity index (χ4n) is 1.39. The van der Waals surface area contributed by atoms with Gasteiger partial charge in [-0.1, -0.05) is 6.92 Å². The van der Waals surface area contributed by atoms with Crippen molar-refractivity contribution in [3.8, 4) is 0 Å². The number of anilines is 1. The first-order valence-electron chi connectivity index (χ1n) is 4.72. The number of nitrogen functional groups attached to an aromatic ring is 1. The van der Waals surface area contributed by atoms with E-state index < -0.39 is 0 Å². The first kappa shape index (κ1) is 9.05. The third-order valence-electron chi connectivity index (χ3n) is 2.41. The van der Waals surface area contributed by atoms with Crippen molar-refractivity contribution in [2.75, 3.05) is 5.73 Å². The number of carbonyl (C=O) groups is 1. The number of hydrogen-bond acceptors (Lipinski definition) is 3. The van der Waals surface area contributed by atoms with Crippen LogP contribution in [0.1, 0.15) is 13.3 Å². The number of nitrogens with two attached hydrogens (primary N) is 1. The van der Waals surface area contributed by atoms with Gasteiger partial charge in [0, 0.05) is 12.2 Å². The monoisotopic (exact) mass is 194 g/mol. The van der Waals surface area contributed by atoms with Crippen LogP contribution in [0.5, 0.6) is 0 Å². The van der Waals surface area contributed by atoms with Gasteiger partial charge < -0.3 is 11.1 Å². The SMILES string of the molecule is CC1CC1NC(=O)Cn1cc(N)cn1. The van der Waals surface area contributed by atoms with E-state index in [9.17, 15) is 4.79 Å². The molecule has 5 nitrogen and oxygen atoms in total. The Morgan fingerprint density at radius 2 is 2.57 bits per heavy atom. The molecule has 1 aliphatic carbocycles. The predicted molar refractivity (Wildman–Crippen MR) is 52.4 cm³/mol. The number of nitrogens with zero attached hydrogens (tertiary/aromatic N) is 2. The summed E-state index contributed by atoms with van der Waals surface area (Å²) in [6.07, 6.45) is 4.27. The van der Waals surface area contributed by atoms with E-state index in [1.54, 1.807) is 6.20 Å². The first-order valence-corrected chi connectivity index (χ1v) is 4.72. The predicted octanol–water partition coefficient (Wildman–Crippen LogP) is -0.0101. The lowest BCUT2D eigenvalue weighted by atomic mass is 10.4. The Kier molecular flexibility index (Phi) is 2.15. The molecule has 1 aliphatic rings.